The molecule has 6 aromatic rings. The molecule has 6 rings (SSSR count). The lowest BCUT2D eigenvalue weighted by Crippen LogP contribution is -2.18. The average molecular weight is 815 g/mol. The summed E-state index contributed by atoms with van der Waals surface area (Å²) >= 11 is 0. The number of hydrogen-bond donors (Lipinski definition) is 0. The zero-order valence-corrected chi connectivity index (χ0v) is 37.0. The summed E-state index contributed by atoms with van der Waals surface area (Å²) in [4.78, 5) is 0. The van der Waals surface area contributed by atoms with Gasteiger partial charge in [-0.15, -0.1) is 0 Å². The lowest BCUT2D eigenvalue weighted by atomic mass is 9.76. The Hall–Kier alpha value is -5.02. The van der Waals surface area contributed by atoms with Gasteiger partial charge in [0.1, 0.15) is 34.5 Å². The Balaban J connectivity index is 1.38. The van der Waals surface area contributed by atoms with Gasteiger partial charge < -0.3 is 27.1 Å². The summed E-state index contributed by atoms with van der Waals surface area (Å²) in [6, 6.07) is 47.8. The van der Waals surface area contributed by atoms with Crippen molar-refractivity contribution >= 4 is 17.2 Å². The van der Waals surface area contributed by atoms with E-state index >= 15 is 0 Å². The van der Waals surface area contributed by atoms with Crippen LogP contribution >= 0.6 is 17.2 Å². The Bertz CT molecular complexity index is 1960. The van der Waals surface area contributed by atoms with E-state index in [2.05, 4.69) is 86.6 Å². The predicted octanol–water partition coefficient (Wildman–Crippen LogP) is 15.4. The molecule has 0 saturated carbocycles. The zero-order chi connectivity index (χ0) is 41.3. The third-order valence-electron chi connectivity index (χ3n) is 9.72. The molecular weight excluding hydrogens is 758 g/mol. The van der Waals surface area contributed by atoms with Gasteiger partial charge in [-0.25, -0.2) is 0 Å². The molecule has 58 heavy (non-hydrogen) atoms. The van der Waals surface area contributed by atoms with E-state index in [9.17, 15) is 0 Å². The fourth-order valence-electron chi connectivity index (χ4n) is 6.78. The lowest BCUT2D eigenvalue weighted by molar-refractivity contribution is 0.381. The Morgan fingerprint density at radius 1 is 0.431 bits per heavy atom. The zero-order valence-electron chi connectivity index (χ0n) is 35.2. The average Bonchev–Trinajstić information content (AvgIpc) is 3.18. The molecule has 0 spiro atoms. The quantitative estimate of drug-likeness (QED) is 0.0907. The van der Waals surface area contributed by atoms with Crippen LogP contribution in [0.3, 0.4) is 0 Å². The first kappa shape index (κ1) is 42.6. The number of para-hydroxylation sites is 4. The van der Waals surface area contributed by atoms with E-state index in [4.69, 9.17) is 27.1 Å². The first-order valence-electron chi connectivity index (χ1n) is 20.0. The van der Waals surface area contributed by atoms with Crippen molar-refractivity contribution in [2.24, 2.45) is 0 Å². The summed E-state index contributed by atoms with van der Waals surface area (Å²) in [7, 11) is -3.68. The second-order valence-corrected chi connectivity index (χ2v) is 18.5. The fourth-order valence-corrected chi connectivity index (χ4v) is 8.80. The van der Waals surface area contributed by atoms with E-state index in [-0.39, 0.29) is 16.7 Å². The summed E-state index contributed by atoms with van der Waals surface area (Å²) < 4.78 is 39.0. The second-order valence-electron chi connectivity index (χ2n) is 16.5. The second kappa shape index (κ2) is 19.2. The van der Waals surface area contributed by atoms with Crippen LogP contribution in [0.15, 0.2) is 146 Å². The molecular formula is C50H56O6P2. The highest BCUT2D eigenvalue weighted by molar-refractivity contribution is 7.43. The van der Waals surface area contributed by atoms with Crippen molar-refractivity contribution in [3.8, 4) is 34.5 Å². The van der Waals surface area contributed by atoms with Crippen LogP contribution < -0.4 is 27.1 Å². The van der Waals surface area contributed by atoms with Gasteiger partial charge in [-0.3, -0.25) is 0 Å². The molecule has 0 fully saturated rings. The number of rotatable bonds is 16. The van der Waals surface area contributed by atoms with Gasteiger partial charge in [0.15, 0.2) is 0 Å². The van der Waals surface area contributed by atoms with E-state index in [1.807, 2.05) is 121 Å². The summed E-state index contributed by atoms with van der Waals surface area (Å²) in [5.41, 5.74) is 6.52. The van der Waals surface area contributed by atoms with E-state index in [1.54, 1.807) is 0 Å². The molecule has 0 aromatic heterocycles. The Labute approximate surface area is 348 Å². The highest BCUT2D eigenvalue weighted by Gasteiger charge is 2.31. The van der Waals surface area contributed by atoms with Crippen molar-refractivity contribution in [3.63, 3.8) is 0 Å². The van der Waals surface area contributed by atoms with Crippen LogP contribution in [0.25, 0.3) is 0 Å². The topological polar surface area (TPSA) is 55.4 Å². The van der Waals surface area contributed by atoms with Crippen LogP contribution in [0.2, 0.25) is 0 Å². The van der Waals surface area contributed by atoms with Crippen molar-refractivity contribution in [1.29, 1.82) is 0 Å². The van der Waals surface area contributed by atoms with E-state index in [1.165, 1.54) is 11.1 Å². The van der Waals surface area contributed by atoms with Gasteiger partial charge in [0, 0.05) is 17.0 Å². The molecule has 0 aliphatic heterocycles. The Morgan fingerprint density at radius 3 is 0.983 bits per heavy atom. The minimum Gasteiger partial charge on any atom is -0.409 e. The predicted molar refractivity (Wildman–Crippen MR) is 240 cm³/mol. The molecule has 6 nitrogen and oxygen atoms in total. The minimum atomic E-state index is -1.84. The van der Waals surface area contributed by atoms with Gasteiger partial charge in [-0.1, -0.05) is 140 Å². The van der Waals surface area contributed by atoms with Gasteiger partial charge in [-0.2, -0.15) is 0 Å². The molecule has 0 atom stereocenters. The van der Waals surface area contributed by atoms with Crippen LogP contribution in [-0.4, -0.2) is 0 Å². The maximum atomic E-state index is 6.77. The molecule has 8 heteroatoms. The van der Waals surface area contributed by atoms with Crippen molar-refractivity contribution in [3.05, 3.63) is 179 Å². The number of benzene rings is 6. The SMILES string of the molecule is CCCC(c1cc(C(C)(C)C)c(OP(Oc2ccccc2)Oc2ccccc2)cc1C)c1cc(C(C)(C)C)c(OP(Oc2ccccc2)Oc2ccccc2)cc1C. The molecule has 302 valence electrons. The maximum Gasteiger partial charge on any atom is 0.530 e. The van der Waals surface area contributed by atoms with Crippen LogP contribution in [0, 0.1) is 13.8 Å². The summed E-state index contributed by atoms with van der Waals surface area (Å²) in [6.07, 6.45) is 1.98. The number of hydrogen-bond acceptors (Lipinski definition) is 6. The van der Waals surface area contributed by atoms with Crippen molar-refractivity contribution < 1.29 is 27.1 Å². The normalized spacial score (nSPS) is 11.8. The maximum absolute atomic E-state index is 6.77. The highest BCUT2D eigenvalue weighted by Crippen LogP contribution is 2.50. The van der Waals surface area contributed by atoms with Gasteiger partial charge in [0.2, 0.25) is 0 Å². The van der Waals surface area contributed by atoms with Crippen molar-refractivity contribution in [2.75, 3.05) is 0 Å². The van der Waals surface area contributed by atoms with Crippen LogP contribution in [0.5, 0.6) is 34.5 Å². The molecule has 0 radical (unpaired) electrons. The number of aryl methyl sites for hydroxylation is 2. The highest BCUT2D eigenvalue weighted by atomic mass is 31.2. The molecule has 0 bridgehead atoms. The Morgan fingerprint density at radius 2 is 0.724 bits per heavy atom. The first-order valence-corrected chi connectivity index (χ1v) is 22.2. The molecule has 0 N–H and O–H groups in total. The fraction of sp³-hybridized carbons (Fsp3) is 0.280. The standard InChI is InChI=1S/C50H56O6P2/c1-10-23-42(43-34-45(49(4,5)6)47(32-36(43)2)55-57(51-38-24-15-11-16-25-38)52-39-26-17-12-18-27-39)44-35-46(50(7,8)9)48(33-37(44)3)56-58(53-40-28-19-13-20-29-40)54-41-30-21-14-22-31-41/h11-22,24-35,42H,10,23H2,1-9H3. The van der Waals surface area contributed by atoms with Gasteiger partial charge in [0.25, 0.3) is 0 Å². The molecule has 0 unspecified atom stereocenters. The molecule has 0 saturated heterocycles. The molecule has 6 aromatic carbocycles. The molecule has 0 aliphatic rings. The van der Waals surface area contributed by atoms with E-state index in [0.29, 0.717) is 23.0 Å². The third kappa shape index (κ3) is 11.3. The van der Waals surface area contributed by atoms with Gasteiger partial charge in [0.05, 0.1) is 0 Å². The van der Waals surface area contributed by atoms with Crippen LogP contribution in [-0.2, 0) is 10.8 Å². The molecule has 0 heterocycles. The summed E-state index contributed by atoms with van der Waals surface area (Å²) in [5, 5.41) is 0. The van der Waals surface area contributed by atoms with Gasteiger partial charge in [-0.05, 0) is 114 Å². The summed E-state index contributed by atoms with van der Waals surface area (Å²) in [5.74, 6) is 4.36. The van der Waals surface area contributed by atoms with Gasteiger partial charge >= 0.3 is 17.2 Å². The van der Waals surface area contributed by atoms with Crippen molar-refractivity contribution in [1.82, 2.24) is 0 Å². The minimum absolute atomic E-state index is 0.126. The smallest absolute Gasteiger partial charge is 0.409 e. The molecule has 0 amide bonds. The van der Waals surface area contributed by atoms with Crippen molar-refractivity contribution in [2.45, 2.75) is 91.9 Å². The molecule has 0 aliphatic carbocycles. The van der Waals surface area contributed by atoms with E-state index < -0.39 is 17.2 Å². The van der Waals surface area contributed by atoms with Crippen LogP contribution in [0.1, 0.15) is 101 Å². The lowest BCUT2D eigenvalue weighted by Gasteiger charge is -2.31. The largest absolute Gasteiger partial charge is 0.530 e. The Kier molecular flexibility index (Phi) is 14.1. The monoisotopic (exact) mass is 814 g/mol. The summed E-state index contributed by atoms with van der Waals surface area (Å²) in [6.45, 7) is 20.0. The first-order chi connectivity index (χ1) is 27.8. The van der Waals surface area contributed by atoms with Crippen LogP contribution in [0.4, 0.5) is 0 Å². The third-order valence-corrected chi connectivity index (χ3v) is 11.9. The van der Waals surface area contributed by atoms with E-state index in [0.717, 1.165) is 46.6 Å².